The molecular formula is C31H34N4O8. The molecule has 1 spiro atoms. The standard InChI is InChI=1S/C31H34N4O8/c1-30(2,3)43-29(39)34-33-27(37)18-9-10-23-20(15-18)22(36)17-31(42-23)11-13-35(14-12-31)28(38)21-16-25(41-5)19-7-6-8-24(40-4)26(19)32-21/h6-10,15-16H,11-14,17H2,1-5H3,(H,33,37)(H,34,39). The highest BCUT2D eigenvalue weighted by Crippen LogP contribution is 2.40. The van der Waals surface area contributed by atoms with Crippen molar-refractivity contribution < 1.29 is 38.1 Å². The number of ether oxygens (including phenoxy) is 4. The van der Waals surface area contributed by atoms with Crippen LogP contribution < -0.4 is 25.1 Å². The number of para-hydroxylation sites is 1. The first kappa shape index (κ1) is 29.6. The van der Waals surface area contributed by atoms with Crippen LogP contribution in [0.3, 0.4) is 0 Å². The van der Waals surface area contributed by atoms with Crippen molar-refractivity contribution in [1.82, 2.24) is 20.7 Å². The number of hydrogen-bond acceptors (Lipinski definition) is 9. The van der Waals surface area contributed by atoms with E-state index in [1.165, 1.54) is 12.1 Å². The minimum Gasteiger partial charge on any atom is -0.496 e. The second kappa shape index (κ2) is 11.4. The molecule has 1 saturated heterocycles. The number of amides is 3. The van der Waals surface area contributed by atoms with Crippen LogP contribution in [0.2, 0.25) is 0 Å². The molecule has 1 aromatic heterocycles. The first-order valence-corrected chi connectivity index (χ1v) is 13.9. The molecule has 0 saturated carbocycles. The van der Waals surface area contributed by atoms with Crippen molar-refractivity contribution in [1.29, 1.82) is 0 Å². The number of benzene rings is 2. The Labute approximate surface area is 248 Å². The molecule has 226 valence electrons. The number of likely N-dealkylation sites (tertiary alicyclic amines) is 1. The molecule has 2 aliphatic heterocycles. The van der Waals surface area contributed by atoms with Gasteiger partial charge in [-0.25, -0.2) is 15.2 Å². The van der Waals surface area contributed by atoms with Crippen LogP contribution in [0.25, 0.3) is 10.9 Å². The monoisotopic (exact) mass is 590 g/mol. The van der Waals surface area contributed by atoms with Gasteiger partial charge < -0.3 is 23.8 Å². The number of carbonyl (C=O) groups excluding carboxylic acids is 4. The third kappa shape index (κ3) is 6.18. The Balaban J connectivity index is 1.25. The topological polar surface area (TPSA) is 145 Å². The zero-order chi connectivity index (χ0) is 30.9. The molecule has 12 heteroatoms. The van der Waals surface area contributed by atoms with Crippen molar-refractivity contribution in [3.8, 4) is 17.2 Å². The van der Waals surface area contributed by atoms with Crippen molar-refractivity contribution in [2.75, 3.05) is 27.3 Å². The fraction of sp³-hybridized carbons (Fsp3) is 0.387. The molecule has 0 unspecified atom stereocenters. The second-order valence-corrected chi connectivity index (χ2v) is 11.5. The van der Waals surface area contributed by atoms with Crippen molar-refractivity contribution in [2.45, 2.75) is 51.2 Å². The molecular weight excluding hydrogens is 556 g/mol. The number of rotatable bonds is 4. The van der Waals surface area contributed by atoms with Crippen LogP contribution in [0.1, 0.15) is 71.2 Å². The number of ketones is 1. The lowest BCUT2D eigenvalue weighted by Gasteiger charge is -2.43. The Hall–Kier alpha value is -4.87. The number of hydrogen-bond donors (Lipinski definition) is 2. The van der Waals surface area contributed by atoms with E-state index in [9.17, 15) is 19.2 Å². The van der Waals surface area contributed by atoms with Gasteiger partial charge in [0.25, 0.3) is 11.8 Å². The third-order valence-corrected chi connectivity index (χ3v) is 7.41. The van der Waals surface area contributed by atoms with Crippen molar-refractivity contribution in [2.24, 2.45) is 0 Å². The summed E-state index contributed by atoms with van der Waals surface area (Å²) in [5, 5.41) is 0.740. The van der Waals surface area contributed by atoms with E-state index >= 15 is 0 Å². The summed E-state index contributed by atoms with van der Waals surface area (Å²) in [5.74, 6) is 0.414. The first-order chi connectivity index (χ1) is 20.4. The second-order valence-electron chi connectivity index (χ2n) is 11.5. The molecule has 0 radical (unpaired) electrons. The van der Waals surface area contributed by atoms with E-state index in [-0.39, 0.29) is 34.9 Å². The van der Waals surface area contributed by atoms with Crippen LogP contribution in [0, 0.1) is 0 Å². The average molecular weight is 591 g/mol. The molecule has 12 nitrogen and oxygen atoms in total. The molecule has 3 heterocycles. The van der Waals surface area contributed by atoms with Gasteiger partial charge in [-0.2, -0.15) is 0 Å². The Bertz CT molecular complexity index is 1610. The molecule has 2 aliphatic rings. The molecule has 0 bridgehead atoms. The smallest absolute Gasteiger partial charge is 0.426 e. The van der Waals surface area contributed by atoms with Crippen molar-refractivity contribution in [3.63, 3.8) is 0 Å². The van der Waals surface area contributed by atoms with Crippen LogP contribution >= 0.6 is 0 Å². The zero-order valence-electron chi connectivity index (χ0n) is 24.7. The van der Waals surface area contributed by atoms with E-state index in [2.05, 4.69) is 15.8 Å². The SMILES string of the molecule is COc1cc(C(=O)N2CCC3(CC2)CC(=O)c2cc(C(=O)NNC(=O)OC(C)(C)C)ccc2O3)nc2c(OC)cccc12. The van der Waals surface area contributed by atoms with E-state index in [0.717, 1.165) is 5.39 Å². The number of carbonyl (C=O) groups is 4. The average Bonchev–Trinajstić information content (AvgIpc) is 2.98. The normalized spacial score (nSPS) is 15.7. The highest BCUT2D eigenvalue weighted by atomic mass is 16.6. The van der Waals surface area contributed by atoms with Gasteiger partial charge in [0.1, 0.15) is 39.7 Å². The Morgan fingerprint density at radius 1 is 0.977 bits per heavy atom. The van der Waals surface area contributed by atoms with E-state index < -0.39 is 23.2 Å². The lowest BCUT2D eigenvalue weighted by Crippen LogP contribution is -2.52. The summed E-state index contributed by atoms with van der Waals surface area (Å²) in [6.07, 6.45) is 0.197. The molecule has 5 rings (SSSR count). The number of nitrogens with one attached hydrogen (secondary N) is 2. The molecule has 0 atom stereocenters. The molecule has 3 aromatic rings. The molecule has 2 N–H and O–H groups in total. The summed E-state index contributed by atoms with van der Waals surface area (Å²) >= 11 is 0. The molecule has 1 fully saturated rings. The quantitative estimate of drug-likeness (QED) is 0.430. The highest BCUT2D eigenvalue weighted by molar-refractivity contribution is 6.04. The Morgan fingerprint density at radius 3 is 2.37 bits per heavy atom. The Kier molecular flexibility index (Phi) is 7.87. The first-order valence-electron chi connectivity index (χ1n) is 13.9. The molecule has 2 aromatic carbocycles. The highest BCUT2D eigenvalue weighted by Gasteiger charge is 2.44. The van der Waals surface area contributed by atoms with Gasteiger partial charge >= 0.3 is 6.09 Å². The maximum atomic E-state index is 13.5. The number of nitrogens with zero attached hydrogens (tertiary/aromatic N) is 2. The summed E-state index contributed by atoms with van der Waals surface area (Å²) in [6, 6.07) is 11.6. The van der Waals surface area contributed by atoms with E-state index in [1.807, 2.05) is 12.1 Å². The summed E-state index contributed by atoms with van der Waals surface area (Å²) < 4.78 is 22.4. The van der Waals surface area contributed by atoms with Gasteiger partial charge in [0.15, 0.2) is 5.78 Å². The number of aromatic nitrogens is 1. The lowest BCUT2D eigenvalue weighted by molar-refractivity contribution is -0.00588. The van der Waals surface area contributed by atoms with Gasteiger partial charge in [-0.05, 0) is 51.1 Å². The van der Waals surface area contributed by atoms with Gasteiger partial charge in [-0.15, -0.1) is 0 Å². The van der Waals surface area contributed by atoms with Gasteiger partial charge in [0.05, 0.1) is 26.2 Å². The van der Waals surface area contributed by atoms with E-state index in [0.29, 0.717) is 48.7 Å². The van der Waals surface area contributed by atoms with Crippen LogP contribution in [0.4, 0.5) is 4.79 Å². The lowest BCUT2D eigenvalue weighted by atomic mass is 9.82. The molecule has 3 amide bonds. The van der Waals surface area contributed by atoms with Crippen LogP contribution in [0.15, 0.2) is 42.5 Å². The number of pyridine rings is 1. The van der Waals surface area contributed by atoms with Crippen LogP contribution in [-0.2, 0) is 4.74 Å². The fourth-order valence-electron chi connectivity index (χ4n) is 5.31. The fourth-order valence-corrected chi connectivity index (χ4v) is 5.31. The number of Topliss-reactive ketones (excluding diaryl/α,β-unsaturated/α-hetero) is 1. The predicted octanol–water partition coefficient (Wildman–Crippen LogP) is 4.06. The third-order valence-electron chi connectivity index (χ3n) is 7.41. The number of methoxy groups -OCH3 is 2. The predicted molar refractivity (Wildman–Crippen MR) is 156 cm³/mol. The molecule has 43 heavy (non-hydrogen) atoms. The maximum Gasteiger partial charge on any atom is 0.426 e. The van der Waals surface area contributed by atoms with Gasteiger partial charge in [-0.1, -0.05) is 6.07 Å². The van der Waals surface area contributed by atoms with Crippen LogP contribution in [0.5, 0.6) is 17.2 Å². The van der Waals surface area contributed by atoms with E-state index in [4.69, 9.17) is 18.9 Å². The Morgan fingerprint density at radius 2 is 1.70 bits per heavy atom. The van der Waals surface area contributed by atoms with E-state index in [1.54, 1.807) is 58.1 Å². The summed E-state index contributed by atoms with van der Waals surface area (Å²) in [6.45, 7) is 5.85. The van der Waals surface area contributed by atoms with Gasteiger partial charge in [0, 0.05) is 42.9 Å². The minimum absolute atomic E-state index is 0.114. The zero-order valence-corrected chi connectivity index (χ0v) is 24.7. The summed E-state index contributed by atoms with van der Waals surface area (Å²) in [5.41, 5.74) is 4.23. The van der Waals surface area contributed by atoms with Crippen LogP contribution in [-0.4, -0.2) is 72.1 Å². The molecule has 0 aliphatic carbocycles. The van der Waals surface area contributed by atoms with Crippen molar-refractivity contribution in [3.05, 3.63) is 59.3 Å². The summed E-state index contributed by atoms with van der Waals surface area (Å²) in [7, 11) is 3.09. The minimum atomic E-state index is -0.805. The number of fused-ring (bicyclic) bond motifs is 2. The largest absolute Gasteiger partial charge is 0.496 e. The maximum absolute atomic E-state index is 13.5. The van der Waals surface area contributed by atoms with Gasteiger partial charge in [-0.3, -0.25) is 19.8 Å². The van der Waals surface area contributed by atoms with Crippen molar-refractivity contribution >= 4 is 34.6 Å². The van der Waals surface area contributed by atoms with Gasteiger partial charge in [0.2, 0.25) is 0 Å². The number of hydrazine groups is 1. The number of piperidine rings is 1. The summed E-state index contributed by atoms with van der Waals surface area (Å²) in [4.78, 5) is 57.4.